The van der Waals surface area contributed by atoms with E-state index in [1.165, 1.54) is 23.3 Å². The van der Waals surface area contributed by atoms with Crippen molar-refractivity contribution in [3.8, 4) is 0 Å². The number of benzene rings is 2. The van der Waals surface area contributed by atoms with Crippen LogP contribution in [0.3, 0.4) is 0 Å². The number of nitrogens with one attached hydrogen (secondary N) is 2. The monoisotopic (exact) mass is 455 g/mol. The number of fused-ring (bicyclic) bond motifs is 3. The van der Waals surface area contributed by atoms with Gasteiger partial charge in [-0.1, -0.05) is 24.3 Å². The lowest BCUT2D eigenvalue weighted by Gasteiger charge is -2.45. The minimum Gasteiger partial charge on any atom is -0.399 e. The van der Waals surface area contributed by atoms with E-state index in [9.17, 15) is 4.79 Å². The molecular weight excluding hydrogens is 430 g/mol. The molecule has 1 saturated heterocycles. The number of thiophene rings is 1. The molecule has 166 valence electrons. The molecule has 3 heterocycles. The van der Waals surface area contributed by atoms with E-state index < -0.39 is 11.5 Å². The highest BCUT2D eigenvalue weighted by Gasteiger charge is 2.49. The van der Waals surface area contributed by atoms with E-state index in [1.807, 2.05) is 31.3 Å². The van der Waals surface area contributed by atoms with Crippen LogP contribution < -0.4 is 11.1 Å². The van der Waals surface area contributed by atoms with E-state index in [4.69, 9.17) is 11.1 Å². The minimum absolute atomic E-state index is 0.0786. The summed E-state index contributed by atoms with van der Waals surface area (Å²) in [6.45, 7) is 2.03. The Labute approximate surface area is 195 Å². The predicted octanol–water partition coefficient (Wildman–Crippen LogP) is 4.90. The van der Waals surface area contributed by atoms with Crippen LogP contribution in [-0.2, 0) is 10.3 Å². The summed E-state index contributed by atoms with van der Waals surface area (Å²) in [5.74, 6) is 0.239. The highest BCUT2D eigenvalue weighted by molar-refractivity contribution is 7.19. The van der Waals surface area contributed by atoms with Gasteiger partial charge in [-0.2, -0.15) is 0 Å². The number of hydrogen-bond acceptors (Lipinski definition) is 5. The fourth-order valence-corrected chi connectivity index (χ4v) is 6.17. The fourth-order valence-electron chi connectivity index (χ4n) is 4.99. The Hall–Kier alpha value is -3.45. The lowest BCUT2D eigenvalue weighted by Crippen LogP contribution is -2.62. The first-order chi connectivity index (χ1) is 15.8. The Kier molecular flexibility index (Phi) is 4.29. The summed E-state index contributed by atoms with van der Waals surface area (Å²) < 4.78 is 1.03. The molecule has 1 aliphatic heterocycles. The van der Waals surface area contributed by atoms with Crippen LogP contribution in [0.5, 0.6) is 0 Å². The molecule has 6 rings (SSSR count). The number of nitrogens with two attached hydrogens (primary N) is 1. The molecule has 0 radical (unpaired) electrons. The van der Waals surface area contributed by atoms with E-state index in [0.29, 0.717) is 11.6 Å². The highest BCUT2D eigenvalue weighted by Crippen LogP contribution is 2.46. The molecule has 0 unspecified atom stereocenters. The summed E-state index contributed by atoms with van der Waals surface area (Å²) in [5, 5.41) is 13.9. The second kappa shape index (κ2) is 7.02. The van der Waals surface area contributed by atoms with E-state index >= 15 is 0 Å². The van der Waals surface area contributed by atoms with Crippen LogP contribution in [0.15, 0.2) is 54.7 Å². The van der Waals surface area contributed by atoms with Gasteiger partial charge in [0, 0.05) is 34.6 Å². The standard InChI is InChI=1S/C26H25N5OS/c1-26(22-12-19-18-11-17(27)9-10-20(18)29-13-21(19)33-22)23(24(32)31(2)25(28)30-26)16-7-5-15(6-8-16)14-3-4-14/h5-14,23H,3-4,27H2,1-2H3,(H2,28,30)/t23-,26-/m1/s1. The topological polar surface area (TPSA) is 95.1 Å². The second-order valence-corrected chi connectivity index (χ2v) is 10.5. The van der Waals surface area contributed by atoms with Crippen LogP contribution >= 0.6 is 11.3 Å². The molecule has 1 amide bonds. The predicted molar refractivity (Wildman–Crippen MR) is 134 cm³/mol. The summed E-state index contributed by atoms with van der Waals surface area (Å²) in [6, 6.07) is 16.4. The molecule has 2 aliphatic rings. The average molecular weight is 456 g/mol. The Morgan fingerprint density at radius 2 is 1.85 bits per heavy atom. The molecule has 2 fully saturated rings. The number of nitrogen functional groups attached to an aromatic ring is 1. The van der Waals surface area contributed by atoms with Crippen molar-refractivity contribution in [1.82, 2.24) is 15.2 Å². The fraction of sp³-hybridized carbons (Fsp3) is 0.269. The van der Waals surface area contributed by atoms with E-state index in [1.54, 1.807) is 18.4 Å². The SMILES string of the molecule is CN1C(=N)N[C@](C)(c2cc3c(cnc4ccc(N)cc43)s2)[C@H](c2ccc(C3CC3)cc2)C1=O. The zero-order valence-electron chi connectivity index (χ0n) is 18.6. The minimum atomic E-state index is -0.766. The number of likely N-dealkylation sites (N-methyl/N-ethyl adjacent to an activating group) is 1. The van der Waals surface area contributed by atoms with Gasteiger partial charge in [0.25, 0.3) is 0 Å². The normalized spacial score (nSPS) is 23.3. The van der Waals surface area contributed by atoms with Crippen molar-refractivity contribution in [2.75, 3.05) is 12.8 Å². The average Bonchev–Trinajstić information content (AvgIpc) is 3.55. The number of guanidine groups is 1. The molecular formula is C26H25N5OS. The Balaban J connectivity index is 1.52. The van der Waals surface area contributed by atoms with Crippen LogP contribution in [0.2, 0.25) is 0 Å². The van der Waals surface area contributed by atoms with Crippen molar-refractivity contribution >= 4 is 49.9 Å². The van der Waals surface area contributed by atoms with Crippen LogP contribution in [0, 0.1) is 5.41 Å². The van der Waals surface area contributed by atoms with Gasteiger partial charge in [0.2, 0.25) is 5.91 Å². The number of nitrogens with zero attached hydrogens (tertiary/aromatic N) is 2. The van der Waals surface area contributed by atoms with Crippen molar-refractivity contribution in [3.63, 3.8) is 0 Å². The molecule has 2 aromatic heterocycles. The van der Waals surface area contributed by atoms with Gasteiger partial charge in [0.15, 0.2) is 5.96 Å². The van der Waals surface area contributed by atoms with Crippen LogP contribution in [0.4, 0.5) is 5.69 Å². The third kappa shape index (κ3) is 3.10. The summed E-state index contributed by atoms with van der Waals surface area (Å²) >= 11 is 1.61. The van der Waals surface area contributed by atoms with Crippen LogP contribution in [-0.4, -0.2) is 28.8 Å². The van der Waals surface area contributed by atoms with Crippen molar-refractivity contribution in [3.05, 3.63) is 70.7 Å². The maximum atomic E-state index is 13.5. The van der Waals surface area contributed by atoms with Gasteiger partial charge in [-0.05, 0) is 61.1 Å². The number of anilines is 1. The lowest BCUT2D eigenvalue weighted by atomic mass is 9.76. The number of aromatic nitrogens is 1. The van der Waals surface area contributed by atoms with Crippen LogP contribution in [0.25, 0.3) is 21.0 Å². The van der Waals surface area contributed by atoms with Gasteiger partial charge in [-0.3, -0.25) is 20.1 Å². The number of carbonyl (C=O) groups is 1. The molecule has 2 atom stereocenters. The van der Waals surface area contributed by atoms with Crippen molar-refractivity contribution in [2.24, 2.45) is 0 Å². The van der Waals surface area contributed by atoms with Crippen molar-refractivity contribution < 1.29 is 4.79 Å². The molecule has 6 nitrogen and oxygen atoms in total. The van der Waals surface area contributed by atoms with Gasteiger partial charge in [-0.25, -0.2) is 0 Å². The first-order valence-electron chi connectivity index (χ1n) is 11.2. The van der Waals surface area contributed by atoms with Gasteiger partial charge >= 0.3 is 0 Å². The number of pyridine rings is 1. The summed E-state index contributed by atoms with van der Waals surface area (Å²) in [5.41, 5.74) is 9.18. The van der Waals surface area contributed by atoms with Gasteiger partial charge in [0.05, 0.1) is 21.7 Å². The third-order valence-corrected chi connectivity index (χ3v) is 8.40. The molecule has 33 heavy (non-hydrogen) atoms. The molecule has 1 saturated carbocycles. The number of hydrogen-bond donors (Lipinski definition) is 3. The first kappa shape index (κ1) is 20.2. The van der Waals surface area contributed by atoms with Crippen LogP contribution in [0.1, 0.15) is 47.6 Å². The second-order valence-electron chi connectivity index (χ2n) is 9.37. The van der Waals surface area contributed by atoms with Crippen molar-refractivity contribution in [2.45, 2.75) is 37.1 Å². The van der Waals surface area contributed by atoms with Gasteiger partial charge in [-0.15, -0.1) is 11.3 Å². The molecule has 7 heteroatoms. The molecule has 4 aromatic rings. The quantitative estimate of drug-likeness (QED) is 0.383. The summed E-state index contributed by atoms with van der Waals surface area (Å²) in [4.78, 5) is 20.6. The smallest absolute Gasteiger partial charge is 0.239 e. The van der Waals surface area contributed by atoms with E-state index in [0.717, 1.165) is 31.4 Å². The summed E-state index contributed by atoms with van der Waals surface area (Å²) in [7, 11) is 1.66. The maximum Gasteiger partial charge on any atom is 0.239 e. The molecule has 0 spiro atoms. The Morgan fingerprint density at radius 1 is 1.12 bits per heavy atom. The maximum absolute atomic E-state index is 13.5. The van der Waals surface area contributed by atoms with Gasteiger partial charge in [0.1, 0.15) is 0 Å². The van der Waals surface area contributed by atoms with Crippen molar-refractivity contribution in [1.29, 1.82) is 5.41 Å². The first-order valence-corrected chi connectivity index (χ1v) is 12.0. The highest BCUT2D eigenvalue weighted by atomic mass is 32.1. The zero-order chi connectivity index (χ0) is 22.9. The van der Waals surface area contributed by atoms with Gasteiger partial charge < -0.3 is 11.1 Å². The number of rotatable bonds is 3. The largest absolute Gasteiger partial charge is 0.399 e. The summed E-state index contributed by atoms with van der Waals surface area (Å²) in [6.07, 6.45) is 4.37. The number of amides is 1. The molecule has 0 bridgehead atoms. The lowest BCUT2D eigenvalue weighted by molar-refractivity contribution is -0.131. The van der Waals surface area contributed by atoms with E-state index in [2.05, 4.69) is 40.6 Å². The Bertz CT molecular complexity index is 1440. The number of carbonyl (C=O) groups excluding carboxylic acids is 1. The molecule has 1 aliphatic carbocycles. The van der Waals surface area contributed by atoms with E-state index in [-0.39, 0.29) is 11.9 Å². The molecule has 4 N–H and O–H groups in total. The Morgan fingerprint density at radius 3 is 2.58 bits per heavy atom. The third-order valence-electron chi connectivity index (χ3n) is 7.09. The zero-order valence-corrected chi connectivity index (χ0v) is 19.4. The molecule has 2 aromatic carbocycles.